The van der Waals surface area contributed by atoms with Gasteiger partial charge in [-0.2, -0.15) is 0 Å². The van der Waals surface area contributed by atoms with E-state index in [-0.39, 0.29) is 5.75 Å². The van der Waals surface area contributed by atoms with E-state index < -0.39 is 9.84 Å². The molecule has 0 aromatic heterocycles. The Labute approximate surface area is 104 Å². The van der Waals surface area contributed by atoms with Gasteiger partial charge >= 0.3 is 0 Å². The molecule has 0 saturated heterocycles. The second kappa shape index (κ2) is 7.45. The lowest BCUT2D eigenvalue weighted by Crippen LogP contribution is -2.17. The van der Waals surface area contributed by atoms with E-state index in [0.29, 0.717) is 11.3 Å². The molecule has 1 rings (SSSR count). The highest BCUT2D eigenvalue weighted by atomic mass is 32.2. The summed E-state index contributed by atoms with van der Waals surface area (Å²) in [6, 6.07) is 8.66. The Morgan fingerprint density at radius 3 is 2.41 bits per heavy atom. The number of hydrogen-bond acceptors (Lipinski definition) is 3. The number of hydrogen-bond donors (Lipinski definition) is 1. The minimum atomic E-state index is -3.08. The first-order valence-electron chi connectivity index (χ1n) is 6.15. The molecule has 0 fully saturated rings. The maximum atomic E-state index is 11.9. The molecule has 0 radical (unpaired) electrons. The highest BCUT2D eigenvalue weighted by Crippen LogP contribution is 2.11. The number of rotatable bonds is 8. The second-order valence-corrected chi connectivity index (χ2v) is 6.20. The molecule has 4 heteroatoms. The maximum absolute atomic E-state index is 11.9. The summed E-state index contributed by atoms with van der Waals surface area (Å²) in [7, 11) is -3.08. The van der Waals surface area contributed by atoms with Gasteiger partial charge < -0.3 is 5.32 Å². The molecule has 0 saturated carbocycles. The highest BCUT2D eigenvalue weighted by molar-refractivity contribution is 7.91. The van der Waals surface area contributed by atoms with E-state index in [4.69, 9.17) is 0 Å². The Kier molecular flexibility index (Phi) is 6.22. The predicted molar refractivity (Wildman–Crippen MR) is 70.9 cm³/mol. The van der Waals surface area contributed by atoms with Gasteiger partial charge in [0.2, 0.25) is 0 Å². The van der Waals surface area contributed by atoms with Crippen molar-refractivity contribution in [3.63, 3.8) is 0 Å². The van der Waals surface area contributed by atoms with Gasteiger partial charge in [-0.1, -0.05) is 25.1 Å². The van der Waals surface area contributed by atoms with E-state index in [2.05, 4.69) is 12.2 Å². The molecule has 0 aliphatic heterocycles. The third-order valence-corrected chi connectivity index (χ3v) is 4.36. The van der Waals surface area contributed by atoms with Crippen LogP contribution in [0.3, 0.4) is 0 Å². The van der Waals surface area contributed by atoms with E-state index in [1.165, 1.54) is 0 Å². The van der Waals surface area contributed by atoms with Crippen molar-refractivity contribution < 1.29 is 8.42 Å². The maximum Gasteiger partial charge on any atom is 0.178 e. The van der Waals surface area contributed by atoms with Crippen molar-refractivity contribution in [2.24, 2.45) is 0 Å². The van der Waals surface area contributed by atoms with Crippen molar-refractivity contribution in [1.29, 1.82) is 0 Å². The third-order valence-electron chi connectivity index (χ3n) is 2.55. The van der Waals surface area contributed by atoms with E-state index in [1.807, 2.05) is 6.07 Å². The molecular formula is C13H21NO2S. The van der Waals surface area contributed by atoms with Crippen molar-refractivity contribution >= 4 is 9.84 Å². The molecule has 0 spiro atoms. The number of benzene rings is 1. The van der Waals surface area contributed by atoms with Gasteiger partial charge in [0.25, 0.3) is 0 Å². The van der Waals surface area contributed by atoms with Gasteiger partial charge in [-0.15, -0.1) is 0 Å². The van der Waals surface area contributed by atoms with Crippen molar-refractivity contribution in [2.45, 2.75) is 31.1 Å². The topological polar surface area (TPSA) is 46.2 Å². The predicted octanol–water partition coefficient (Wildman–Crippen LogP) is 2.24. The Bertz CT molecular complexity index is 401. The summed E-state index contributed by atoms with van der Waals surface area (Å²) in [5.74, 6) is 0.241. The fourth-order valence-electron chi connectivity index (χ4n) is 1.59. The fourth-order valence-corrected chi connectivity index (χ4v) is 2.98. The third kappa shape index (κ3) is 5.33. The normalized spacial score (nSPS) is 11.6. The van der Waals surface area contributed by atoms with Gasteiger partial charge in [-0.05, 0) is 44.5 Å². The average molecular weight is 255 g/mol. The van der Waals surface area contributed by atoms with Crippen LogP contribution in [-0.4, -0.2) is 27.3 Å². The van der Waals surface area contributed by atoms with Crippen LogP contribution >= 0.6 is 0 Å². The molecule has 0 heterocycles. The summed E-state index contributed by atoms with van der Waals surface area (Å²) in [5.41, 5.74) is 0. The van der Waals surface area contributed by atoms with Crippen LogP contribution in [0.1, 0.15) is 26.2 Å². The second-order valence-electron chi connectivity index (χ2n) is 4.09. The number of sulfone groups is 1. The van der Waals surface area contributed by atoms with E-state index in [1.54, 1.807) is 24.3 Å². The van der Waals surface area contributed by atoms with Crippen LogP contribution in [0.15, 0.2) is 35.2 Å². The lowest BCUT2D eigenvalue weighted by Gasteiger charge is -2.05. The molecule has 1 N–H and O–H groups in total. The van der Waals surface area contributed by atoms with Gasteiger partial charge in [0, 0.05) is 0 Å². The molecule has 0 aliphatic carbocycles. The molecular weight excluding hydrogens is 234 g/mol. The van der Waals surface area contributed by atoms with E-state index >= 15 is 0 Å². The first kappa shape index (κ1) is 14.2. The molecule has 0 atom stereocenters. The average Bonchev–Trinajstić information content (AvgIpc) is 2.35. The van der Waals surface area contributed by atoms with E-state index in [9.17, 15) is 8.42 Å². The van der Waals surface area contributed by atoms with Crippen LogP contribution in [0.25, 0.3) is 0 Å². The smallest absolute Gasteiger partial charge is 0.178 e. The van der Waals surface area contributed by atoms with Gasteiger partial charge in [-0.3, -0.25) is 0 Å². The summed E-state index contributed by atoms with van der Waals surface area (Å²) in [6.07, 6.45) is 2.74. The molecule has 0 aliphatic rings. The zero-order valence-electron chi connectivity index (χ0n) is 10.4. The minimum Gasteiger partial charge on any atom is -0.317 e. The number of nitrogens with one attached hydrogen (secondary N) is 1. The van der Waals surface area contributed by atoms with Crippen molar-refractivity contribution in [2.75, 3.05) is 18.8 Å². The SMILES string of the molecule is CCCNCCCCS(=O)(=O)c1ccccc1. The Morgan fingerprint density at radius 1 is 1.06 bits per heavy atom. The highest BCUT2D eigenvalue weighted by Gasteiger charge is 2.12. The van der Waals surface area contributed by atoms with Gasteiger partial charge in [0.15, 0.2) is 9.84 Å². The summed E-state index contributed by atoms with van der Waals surface area (Å²) < 4.78 is 23.8. The Hall–Kier alpha value is -0.870. The summed E-state index contributed by atoms with van der Waals surface area (Å²) >= 11 is 0. The summed E-state index contributed by atoms with van der Waals surface area (Å²) in [4.78, 5) is 0.432. The molecule has 1 aromatic carbocycles. The summed E-state index contributed by atoms with van der Waals surface area (Å²) in [6.45, 7) is 4.02. The minimum absolute atomic E-state index is 0.241. The van der Waals surface area contributed by atoms with Crippen LogP contribution in [0.2, 0.25) is 0 Å². The first-order chi connectivity index (χ1) is 8.17. The van der Waals surface area contributed by atoms with Crippen molar-refractivity contribution in [1.82, 2.24) is 5.32 Å². The van der Waals surface area contributed by atoms with Gasteiger partial charge in [0.05, 0.1) is 10.6 Å². The monoisotopic (exact) mass is 255 g/mol. The standard InChI is InChI=1S/C13H21NO2S/c1-2-10-14-11-6-7-12-17(15,16)13-8-4-3-5-9-13/h3-5,8-9,14H,2,6-7,10-12H2,1H3. The Balaban J connectivity index is 2.31. The molecule has 96 valence electrons. The fraction of sp³-hybridized carbons (Fsp3) is 0.538. The number of unbranched alkanes of at least 4 members (excludes halogenated alkanes) is 1. The quantitative estimate of drug-likeness (QED) is 0.725. The lowest BCUT2D eigenvalue weighted by atomic mass is 10.3. The van der Waals surface area contributed by atoms with Crippen LogP contribution in [-0.2, 0) is 9.84 Å². The van der Waals surface area contributed by atoms with Crippen LogP contribution in [0.5, 0.6) is 0 Å². The van der Waals surface area contributed by atoms with Gasteiger partial charge in [-0.25, -0.2) is 8.42 Å². The van der Waals surface area contributed by atoms with Crippen molar-refractivity contribution in [3.05, 3.63) is 30.3 Å². The zero-order valence-corrected chi connectivity index (χ0v) is 11.2. The molecule has 0 amide bonds. The lowest BCUT2D eigenvalue weighted by molar-refractivity contribution is 0.586. The van der Waals surface area contributed by atoms with Crippen LogP contribution in [0, 0.1) is 0 Å². The largest absolute Gasteiger partial charge is 0.317 e. The molecule has 0 bridgehead atoms. The van der Waals surface area contributed by atoms with Gasteiger partial charge in [0.1, 0.15) is 0 Å². The van der Waals surface area contributed by atoms with Crippen molar-refractivity contribution in [3.8, 4) is 0 Å². The summed E-state index contributed by atoms with van der Waals surface area (Å²) in [5, 5.41) is 3.27. The van der Waals surface area contributed by atoms with Crippen LogP contribution < -0.4 is 5.32 Å². The molecule has 3 nitrogen and oxygen atoms in total. The molecule has 1 aromatic rings. The Morgan fingerprint density at radius 2 is 1.76 bits per heavy atom. The zero-order chi connectivity index (χ0) is 12.6. The van der Waals surface area contributed by atoms with E-state index in [0.717, 1.165) is 25.9 Å². The molecule has 17 heavy (non-hydrogen) atoms. The molecule has 0 unspecified atom stereocenters. The van der Waals surface area contributed by atoms with Crippen LogP contribution in [0.4, 0.5) is 0 Å². The first-order valence-corrected chi connectivity index (χ1v) is 7.80.